The average molecular weight is 283 g/mol. The maximum Gasteiger partial charge on any atom is 0.224 e. The predicted octanol–water partition coefficient (Wildman–Crippen LogP) is 1.14. The second-order valence-electron chi connectivity index (χ2n) is 5.87. The molecular formula is C15H29N3O2. The summed E-state index contributed by atoms with van der Waals surface area (Å²) in [6, 6.07) is -0.0889. The van der Waals surface area contributed by atoms with Gasteiger partial charge in [0.05, 0.1) is 0 Å². The highest BCUT2D eigenvalue weighted by atomic mass is 16.2. The monoisotopic (exact) mass is 283 g/mol. The van der Waals surface area contributed by atoms with Gasteiger partial charge < -0.3 is 15.5 Å². The van der Waals surface area contributed by atoms with E-state index in [1.807, 2.05) is 14.0 Å². The van der Waals surface area contributed by atoms with E-state index in [2.05, 4.69) is 10.6 Å². The molecule has 0 radical (unpaired) electrons. The van der Waals surface area contributed by atoms with Crippen LogP contribution in [0.5, 0.6) is 0 Å². The lowest BCUT2D eigenvalue weighted by Gasteiger charge is -2.24. The normalized spacial score (nSPS) is 17.6. The van der Waals surface area contributed by atoms with Crippen LogP contribution in [-0.2, 0) is 9.59 Å². The van der Waals surface area contributed by atoms with Crippen LogP contribution in [0.15, 0.2) is 0 Å². The summed E-state index contributed by atoms with van der Waals surface area (Å²) in [4.78, 5) is 25.8. The first kappa shape index (κ1) is 17.0. The molecule has 1 aliphatic carbocycles. The molecule has 0 saturated heterocycles. The Balaban J connectivity index is 2.29. The number of carbonyl (C=O) groups is 2. The van der Waals surface area contributed by atoms with Crippen molar-refractivity contribution in [3.8, 4) is 0 Å². The van der Waals surface area contributed by atoms with Gasteiger partial charge in [0.15, 0.2) is 0 Å². The van der Waals surface area contributed by atoms with Crippen molar-refractivity contribution in [3.63, 3.8) is 0 Å². The molecule has 0 aromatic rings. The van der Waals surface area contributed by atoms with E-state index in [-0.39, 0.29) is 23.8 Å². The Morgan fingerprint density at radius 1 is 1.25 bits per heavy atom. The highest BCUT2D eigenvalue weighted by Crippen LogP contribution is 2.23. The van der Waals surface area contributed by atoms with Gasteiger partial charge in [-0.15, -0.1) is 0 Å². The quantitative estimate of drug-likeness (QED) is 0.736. The highest BCUT2D eigenvalue weighted by Gasteiger charge is 2.23. The van der Waals surface area contributed by atoms with E-state index in [1.165, 1.54) is 6.42 Å². The Labute approximate surface area is 122 Å². The molecule has 5 nitrogen and oxygen atoms in total. The molecule has 116 valence electrons. The van der Waals surface area contributed by atoms with Gasteiger partial charge in [-0.2, -0.15) is 0 Å². The minimum Gasteiger partial charge on any atom is -0.353 e. The Hall–Kier alpha value is -1.10. The molecule has 2 N–H and O–H groups in total. The van der Waals surface area contributed by atoms with Crippen molar-refractivity contribution in [1.29, 1.82) is 0 Å². The number of carbonyl (C=O) groups excluding carboxylic acids is 2. The fourth-order valence-corrected chi connectivity index (χ4v) is 2.60. The first-order valence-electron chi connectivity index (χ1n) is 7.73. The number of nitrogens with zero attached hydrogens (tertiary/aromatic N) is 1. The van der Waals surface area contributed by atoms with Crippen molar-refractivity contribution in [2.24, 2.45) is 5.92 Å². The van der Waals surface area contributed by atoms with E-state index in [0.717, 1.165) is 32.2 Å². The Kier molecular flexibility index (Phi) is 7.59. The van der Waals surface area contributed by atoms with Crippen LogP contribution in [0.25, 0.3) is 0 Å². The van der Waals surface area contributed by atoms with Gasteiger partial charge in [0.1, 0.15) is 0 Å². The number of hydrogen-bond acceptors (Lipinski definition) is 3. The van der Waals surface area contributed by atoms with Crippen LogP contribution in [0.2, 0.25) is 0 Å². The number of hydrogen-bond donors (Lipinski definition) is 2. The van der Waals surface area contributed by atoms with E-state index >= 15 is 0 Å². The summed E-state index contributed by atoms with van der Waals surface area (Å²) in [5, 5.41) is 6.01. The smallest absolute Gasteiger partial charge is 0.224 e. The van der Waals surface area contributed by atoms with E-state index in [1.54, 1.807) is 11.9 Å². The minimum absolute atomic E-state index is 0.0803. The molecule has 0 aliphatic heterocycles. The highest BCUT2D eigenvalue weighted by molar-refractivity contribution is 5.81. The van der Waals surface area contributed by atoms with Crippen molar-refractivity contribution in [1.82, 2.24) is 15.5 Å². The van der Waals surface area contributed by atoms with Crippen molar-refractivity contribution >= 4 is 11.8 Å². The van der Waals surface area contributed by atoms with Gasteiger partial charge in [-0.05, 0) is 26.8 Å². The summed E-state index contributed by atoms with van der Waals surface area (Å²) >= 11 is 0. The third-order valence-electron chi connectivity index (χ3n) is 3.97. The molecule has 1 aliphatic rings. The van der Waals surface area contributed by atoms with Crippen molar-refractivity contribution in [2.75, 3.05) is 27.2 Å². The van der Waals surface area contributed by atoms with Gasteiger partial charge in [0.2, 0.25) is 11.8 Å². The molecule has 5 heteroatoms. The number of rotatable bonds is 7. The summed E-state index contributed by atoms with van der Waals surface area (Å²) in [6.07, 6.45) is 5.91. The molecule has 1 fully saturated rings. The van der Waals surface area contributed by atoms with Gasteiger partial charge in [-0.1, -0.05) is 19.3 Å². The average Bonchev–Trinajstić information content (AvgIpc) is 2.45. The Morgan fingerprint density at radius 2 is 1.90 bits per heavy atom. The van der Waals surface area contributed by atoms with E-state index in [4.69, 9.17) is 0 Å². The second-order valence-corrected chi connectivity index (χ2v) is 5.87. The number of nitrogens with one attached hydrogen (secondary N) is 2. The van der Waals surface area contributed by atoms with Gasteiger partial charge in [0.25, 0.3) is 0 Å². The molecule has 1 atom stereocenters. The first-order chi connectivity index (χ1) is 9.54. The molecule has 0 heterocycles. The molecule has 0 aromatic heterocycles. The molecule has 1 rings (SSSR count). The lowest BCUT2D eigenvalue weighted by atomic mass is 9.88. The Morgan fingerprint density at radius 3 is 2.50 bits per heavy atom. The van der Waals surface area contributed by atoms with Crippen LogP contribution < -0.4 is 10.6 Å². The van der Waals surface area contributed by atoms with Crippen LogP contribution in [0, 0.1) is 5.92 Å². The summed E-state index contributed by atoms with van der Waals surface area (Å²) < 4.78 is 0. The van der Waals surface area contributed by atoms with Crippen LogP contribution in [-0.4, -0.2) is 49.9 Å². The van der Waals surface area contributed by atoms with Crippen LogP contribution in [0.4, 0.5) is 0 Å². The predicted molar refractivity (Wildman–Crippen MR) is 80.4 cm³/mol. The van der Waals surface area contributed by atoms with Crippen LogP contribution in [0.1, 0.15) is 45.4 Å². The molecule has 20 heavy (non-hydrogen) atoms. The zero-order valence-corrected chi connectivity index (χ0v) is 13.1. The van der Waals surface area contributed by atoms with Crippen molar-refractivity contribution in [2.45, 2.75) is 51.5 Å². The summed E-state index contributed by atoms with van der Waals surface area (Å²) in [6.45, 7) is 3.38. The standard InChI is InChI=1S/C15H29N3O2/c1-12(11-14(19)18(3)10-9-16-2)17-15(20)13-7-5-4-6-8-13/h12-13,16H,4-11H2,1-3H3,(H,17,20). The van der Waals surface area contributed by atoms with Crippen LogP contribution >= 0.6 is 0 Å². The van der Waals surface area contributed by atoms with Crippen molar-refractivity contribution in [3.05, 3.63) is 0 Å². The van der Waals surface area contributed by atoms with Gasteiger partial charge in [-0.3, -0.25) is 9.59 Å². The SMILES string of the molecule is CNCCN(C)C(=O)CC(C)NC(=O)C1CCCCC1. The van der Waals surface area contributed by atoms with E-state index < -0.39 is 0 Å². The summed E-state index contributed by atoms with van der Waals surface area (Å²) in [5.41, 5.74) is 0. The zero-order valence-electron chi connectivity index (χ0n) is 13.1. The van der Waals surface area contributed by atoms with E-state index in [0.29, 0.717) is 13.0 Å². The molecule has 1 unspecified atom stereocenters. The minimum atomic E-state index is -0.0889. The third-order valence-corrected chi connectivity index (χ3v) is 3.97. The maximum absolute atomic E-state index is 12.1. The van der Waals surface area contributed by atoms with Crippen molar-refractivity contribution < 1.29 is 9.59 Å². The molecule has 0 bridgehead atoms. The molecule has 0 aromatic carbocycles. The number of amides is 2. The summed E-state index contributed by atoms with van der Waals surface area (Å²) in [7, 11) is 3.67. The Bertz CT molecular complexity index is 314. The first-order valence-corrected chi connectivity index (χ1v) is 7.73. The third kappa shape index (κ3) is 5.90. The van der Waals surface area contributed by atoms with Gasteiger partial charge in [0, 0.05) is 38.5 Å². The fraction of sp³-hybridized carbons (Fsp3) is 0.867. The van der Waals surface area contributed by atoms with E-state index in [9.17, 15) is 9.59 Å². The van der Waals surface area contributed by atoms with Gasteiger partial charge in [-0.25, -0.2) is 0 Å². The fourth-order valence-electron chi connectivity index (χ4n) is 2.60. The maximum atomic E-state index is 12.1. The second kappa shape index (κ2) is 8.95. The lowest BCUT2D eigenvalue weighted by Crippen LogP contribution is -2.42. The lowest BCUT2D eigenvalue weighted by molar-refractivity contribution is -0.131. The molecule has 2 amide bonds. The van der Waals surface area contributed by atoms with Gasteiger partial charge >= 0.3 is 0 Å². The molecular weight excluding hydrogens is 254 g/mol. The largest absolute Gasteiger partial charge is 0.353 e. The number of likely N-dealkylation sites (N-methyl/N-ethyl adjacent to an activating group) is 2. The summed E-state index contributed by atoms with van der Waals surface area (Å²) in [5.74, 6) is 0.364. The molecule has 0 spiro atoms. The zero-order chi connectivity index (χ0) is 15.0. The topological polar surface area (TPSA) is 61.4 Å². The molecule has 1 saturated carbocycles. The van der Waals surface area contributed by atoms with Crippen LogP contribution in [0.3, 0.4) is 0 Å².